The van der Waals surface area contributed by atoms with Crippen LogP contribution in [0.15, 0.2) is 18.2 Å². The van der Waals surface area contributed by atoms with Gasteiger partial charge in [-0.3, -0.25) is 0 Å². The van der Waals surface area contributed by atoms with E-state index in [0.29, 0.717) is 5.41 Å². The summed E-state index contributed by atoms with van der Waals surface area (Å²) in [6.45, 7) is 9.07. The minimum atomic E-state index is 0.00342. The van der Waals surface area contributed by atoms with Crippen molar-refractivity contribution in [1.82, 2.24) is 0 Å². The van der Waals surface area contributed by atoms with Crippen LogP contribution in [0.2, 0.25) is 0 Å². The number of aryl methyl sites for hydroxylation is 2. The minimum Gasteiger partial charge on any atom is -0.325 e. The Labute approximate surface area is 112 Å². The summed E-state index contributed by atoms with van der Waals surface area (Å²) >= 11 is 0. The highest BCUT2D eigenvalue weighted by molar-refractivity contribution is 5.31. The van der Waals surface area contributed by atoms with Crippen LogP contribution in [0.1, 0.15) is 56.2 Å². The highest BCUT2D eigenvalue weighted by Gasteiger charge is 2.36. The van der Waals surface area contributed by atoms with Crippen molar-refractivity contribution in [3.8, 4) is 0 Å². The molecule has 1 heteroatoms. The Hall–Kier alpha value is -0.820. The minimum absolute atomic E-state index is 0.00342. The fraction of sp³-hybridized carbons (Fsp3) is 0.647. The van der Waals surface area contributed by atoms with Crippen molar-refractivity contribution >= 4 is 0 Å². The standard InChI is InChI=1S/C17H27N/c1-13-6-7-15(10-14(13)2)11-17(18)9-5-8-16(3,4)12-17/h6-7,10H,5,8-9,11-12,18H2,1-4H3. The zero-order valence-electron chi connectivity index (χ0n) is 12.3. The lowest BCUT2D eigenvalue weighted by Gasteiger charge is -2.43. The van der Waals surface area contributed by atoms with Gasteiger partial charge in [0.15, 0.2) is 0 Å². The van der Waals surface area contributed by atoms with Crippen molar-refractivity contribution in [2.24, 2.45) is 11.1 Å². The zero-order valence-corrected chi connectivity index (χ0v) is 12.3. The first-order chi connectivity index (χ1) is 8.30. The van der Waals surface area contributed by atoms with Gasteiger partial charge in [0.05, 0.1) is 0 Å². The summed E-state index contributed by atoms with van der Waals surface area (Å²) in [5, 5.41) is 0. The van der Waals surface area contributed by atoms with Crippen LogP contribution >= 0.6 is 0 Å². The maximum Gasteiger partial charge on any atom is 0.0200 e. The Morgan fingerprint density at radius 1 is 1.11 bits per heavy atom. The molecule has 0 bridgehead atoms. The molecule has 1 nitrogen and oxygen atoms in total. The second kappa shape index (κ2) is 4.70. The summed E-state index contributed by atoms with van der Waals surface area (Å²) in [5.74, 6) is 0. The van der Waals surface area contributed by atoms with Gasteiger partial charge in [-0.05, 0) is 61.6 Å². The quantitative estimate of drug-likeness (QED) is 0.832. The molecule has 1 fully saturated rings. The Bertz CT molecular complexity index is 433. The van der Waals surface area contributed by atoms with Gasteiger partial charge in [0.2, 0.25) is 0 Å². The Morgan fingerprint density at radius 2 is 1.83 bits per heavy atom. The SMILES string of the molecule is Cc1ccc(CC2(N)CCCC(C)(C)C2)cc1C. The molecule has 0 amide bonds. The summed E-state index contributed by atoms with van der Waals surface area (Å²) in [5.41, 5.74) is 11.2. The molecule has 100 valence electrons. The summed E-state index contributed by atoms with van der Waals surface area (Å²) in [4.78, 5) is 0. The van der Waals surface area contributed by atoms with E-state index < -0.39 is 0 Å². The van der Waals surface area contributed by atoms with Crippen molar-refractivity contribution < 1.29 is 0 Å². The normalized spacial score (nSPS) is 27.2. The molecule has 1 saturated carbocycles. The van der Waals surface area contributed by atoms with Crippen LogP contribution in [0.25, 0.3) is 0 Å². The average Bonchev–Trinajstić information content (AvgIpc) is 2.21. The molecular weight excluding hydrogens is 218 g/mol. The van der Waals surface area contributed by atoms with Crippen LogP contribution in [-0.2, 0) is 6.42 Å². The van der Waals surface area contributed by atoms with Gasteiger partial charge in [-0.1, -0.05) is 38.5 Å². The van der Waals surface area contributed by atoms with Gasteiger partial charge in [-0.2, -0.15) is 0 Å². The molecule has 0 spiro atoms. The number of hydrogen-bond acceptors (Lipinski definition) is 1. The van der Waals surface area contributed by atoms with Crippen molar-refractivity contribution in [3.63, 3.8) is 0 Å². The molecule has 0 saturated heterocycles. The third-order valence-electron chi connectivity index (χ3n) is 4.49. The Morgan fingerprint density at radius 3 is 2.44 bits per heavy atom. The number of rotatable bonds is 2. The molecule has 18 heavy (non-hydrogen) atoms. The van der Waals surface area contributed by atoms with Gasteiger partial charge >= 0.3 is 0 Å². The van der Waals surface area contributed by atoms with E-state index in [-0.39, 0.29) is 5.54 Å². The monoisotopic (exact) mass is 245 g/mol. The first-order valence-electron chi connectivity index (χ1n) is 7.15. The molecule has 2 rings (SSSR count). The molecule has 1 aromatic rings. The average molecular weight is 245 g/mol. The fourth-order valence-electron chi connectivity index (χ4n) is 3.52. The van der Waals surface area contributed by atoms with E-state index >= 15 is 0 Å². The fourth-order valence-corrected chi connectivity index (χ4v) is 3.52. The van der Waals surface area contributed by atoms with E-state index in [4.69, 9.17) is 5.73 Å². The van der Waals surface area contributed by atoms with Gasteiger partial charge in [0.25, 0.3) is 0 Å². The third kappa shape index (κ3) is 3.14. The number of benzene rings is 1. The first-order valence-corrected chi connectivity index (χ1v) is 7.15. The van der Waals surface area contributed by atoms with E-state index in [1.165, 1.54) is 36.0 Å². The molecule has 1 atom stereocenters. The first kappa shape index (κ1) is 13.6. The zero-order chi connectivity index (χ0) is 13.4. The van der Waals surface area contributed by atoms with Crippen LogP contribution < -0.4 is 5.73 Å². The summed E-state index contributed by atoms with van der Waals surface area (Å²) in [6.07, 6.45) is 5.93. The van der Waals surface area contributed by atoms with Gasteiger partial charge in [-0.25, -0.2) is 0 Å². The van der Waals surface area contributed by atoms with Crippen molar-refractivity contribution in [3.05, 3.63) is 34.9 Å². The second-order valence-electron chi connectivity index (χ2n) is 7.15. The van der Waals surface area contributed by atoms with E-state index in [1.807, 2.05) is 0 Å². The number of nitrogens with two attached hydrogens (primary N) is 1. The van der Waals surface area contributed by atoms with Crippen LogP contribution in [0.4, 0.5) is 0 Å². The molecule has 1 aliphatic carbocycles. The van der Waals surface area contributed by atoms with Crippen LogP contribution in [0.5, 0.6) is 0 Å². The highest BCUT2D eigenvalue weighted by Crippen LogP contribution is 2.41. The molecule has 0 radical (unpaired) electrons. The van der Waals surface area contributed by atoms with E-state index in [2.05, 4.69) is 45.9 Å². The molecule has 0 heterocycles. The van der Waals surface area contributed by atoms with E-state index in [9.17, 15) is 0 Å². The maximum atomic E-state index is 6.65. The second-order valence-corrected chi connectivity index (χ2v) is 7.15. The lowest BCUT2D eigenvalue weighted by molar-refractivity contribution is 0.151. The van der Waals surface area contributed by atoms with E-state index in [1.54, 1.807) is 0 Å². The van der Waals surface area contributed by atoms with E-state index in [0.717, 1.165) is 12.8 Å². The van der Waals surface area contributed by atoms with Gasteiger partial charge < -0.3 is 5.73 Å². The van der Waals surface area contributed by atoms with Crippen molar-refractivity contribution in [1.29, 1.82) is 0 Å². The van der Waals surface area contributed by atoms with Crippen LogP contribution in [-0.4, -0.2) is 5.54 Å². The van der Waals surface area contributed by atoms with Crippen LogP contribution in [0, 0.1) is 19.3 Å². The Kier molecular flexibility index (Phi) is 3.55. The topological polar surface area (TPSA) is 26.0 Å². The smallest absolute Gasteiger partial charge is 0.0200 e. The summed E-state index contributed by atoms with van der Waals surface area (Å²) in [6, 6.07) is 6.78. The molecule has 0 aliphatic heterocycles. The molecule has 2 N–H and O–H groups in total. The summed E-state index contributed by atoms with van der Waals surface area (Å²) < 4.78 is 0. The lowest BCUT2D eigenvalue weighted by atomic mass is 9.66. The predicted octanol–water partition coefficient (Wildman–Crippen LogP) is 4.14. The largest absolute Gasteiger partial charge is 0.325 e. The van der Waals surface area contributed by atoms with Crippen molar-refractivity contribution in [2.45, 2.75) is 65.3 Å². The maximum absolute atomic E-state index is 6.65. The third-order valence-corrected chi connectivity index (χ3v) is 4.49. The summed E-state index contributed by atoms with van der Waals surface area (Å²) in [7, 11) is 0. The lowest BCUT2D eigenvalue weighted by Crippen LogP contribution is -2.48. The van der Waals surface area contributed by atoms with Gasteiger partial charge in [0, 0.05) is 5.54 Å². The Balaban J connectivity index is 2.14. The molecule has 1 unspecified atom stereocenters. The van der Waals surface area contributed by atoms with Gasteiger partial charge in [-0.15, -0.1) is 0 Å². The number of hydrogen-bond donors (Lipinski definition) is 1. The molecule has 1 aliphatic rings. The van der Waals surface area contributed by atoms with Gasteiger partial charge in [0.1, 0.15) is 0 Å². The molecule has 0 aromatic heterocycles. The van der Waals surface area contributed by atoms with Crippen LogP contribution in [0.3, 0.4) is 0 Å². The molecular formula is C17H27N. The van der Waals surface area contributed by atoms with Crippen molar-refractivity contribution in [2.75, 3.05) is 0 Å². The highest BCUT2D eigenvalue weighted by atomic mass is 14.8. The predicted molar refractivity (Wildman–Crippen MR) is 78.8 cm³/mol. The molecule has 1 aromatic carbocycles.